The molecule has 1 amide bonds. The number of methoxy groups -OCH3 is 1. The number of hydrogen-bond acceptors (Lipinski definition) is 3. The summed E-state index contributed by atoms with van der Waals surface area (Å²) in [6.07, 6.45) is 6.01. The zero-order valence-corrected chi connectivity index (χ0v) is 12.0. The summed E-state index contributed by atoms with van der Waals surface area (Å²) in [6, 6.07) is 0.410. The summed E-state index contributed by atoms with van der Waals surface area (Å²) in [5.74, 6) is 1.07. The van der Waals surface area contributed by atoms with Crippen molar-refractivity contribution in [1.82, 2.24) is 15.1 Å². The number of nitrogens with zero attached hydrogens (tertiary/aromatic N) is 2. The van der Waals surface area contributed by atoms with Gasteiger partial charge in [-0.25, -0.2) is 5.10 Å². The maximum atomic E-state index is 12.6. The first kappa shape index (κ1) is 13.9. The van der Waals surface area contributed by atoms with Crippen LogP contribution < -0.4 is 4.74 Å². The largest absolute Gasteiger partial charge is 0.481 e. The van der Waals surface area contributed by atoms with Gasteiger partial charge in [-0.3, -0.25) is 4.79 Å². The van der Waals surface area contributed by atoms with E-state index in [9.17, 15) is 4.79 Å². The van der Waals surface area contributed by atoms with Crippen molar-refractivity contribution < 1.29 is 9.53 Å². The van der Waals surface area contributed by atoms with E-state index in [0.717, 1.165) is 32.2 Å². The van der Waals surface area contributed by atoms with Crippen molar-refractivity contribution in [3.05, 3.63) is 11.8 Å². The van der Waals surface area contributed by atoms with Gasteiger partial charge in [-0.2, -0.15) is 5.10 Å². The van der Waals surface area contributed by atoms with Crippen LogP contribution in [0.15, 0.2) is 6.20 Å². The first-order valence-corrected chi connectivity index (χ1v) is 7.09. The van der Waals surface area contributed by atoms with E-state index >= 15 is 0 Å². The number of H-pyrrole nitrogens is 1. The minimum Gasteiger partial charge on any atom is -0.481 e. The molecular weight excluding hydrogens is 242 g/mol. The Bertz CT molecular complexity index is 422. The van der Waals surface area contributed by atoms with Gasteiger partial charge >= 0.3 is 0 Å². The molecular formula is C14H23N3O2. The van der Waals surface area contributed by atoms with Gasteiger partial charge in [-0.15, -0.1) is 0 Å². The van der Waals surface area contributed by atoms with Gasteiger partial charge in [0.1, 0.15) is 5.56 Å². The summed E-state index contributed by atoms with van der Waals surface area (Å²) in [5, 5.41) is 6.61. The van der Waals surface area contributed by atoms with E-state index in [-0.39, 0.29) is 5.91 Å². The molecule has 1 saturated carbocycles. The molecule has 0 aliphatic heterocycles. The lowest BCUT2D eigenvalue weighted by molar-refractivity contribution is 0.0707. The molecule has 1 aliphatic carbocycles. The predicted molar refractivity (Wildman–Crippen MR) is 73.3 cm³/mol. The van der Waals surface area contributed by atoms with Crippen molar-refractivity contribution in [1.29, 1.82) is 0 Å². The number of rotatable bonds is 7. The standard InChI is InChI=1S/C14H23N3O2/c1-4-10(5-2)9-17(11-6-7-11)14(18)12-8-15-16-13(12)19-3/h8,10-11H,4-7,9H2,1-3H3,(H,15,16). The van der Waals surface area contributed by atoms with Gasteiger partial charge in [0.15, 0.2) is 0 Å². The van der Waals surface area contributed by atoms with Crippen LogP contribution in [0.2, 0.25) is 0 Å². The summed E-state index contributed by atoms with van der Waals surface area (Å²) >= 11 is 0. The quantitative estimate of drug-likeness (QED) is 0.824. The summed E-state index contributed by atoms with van der Waals surface area (Å²) < 4.78 is 5.15. The second-order valence-electron chi connectivity index (χ2n) is 5.19. The molecule has 1 aliphatic rings. The number of aromatic nitrogens is 2. The van der Waals surface area contributed by atoms with Gasteiger partial charge in [-0.05, 0) is 18.8 Å². The fourth-order valence-electron chi connectivity index (χ4n) is 2.35. The van der Waals surface area contributed by atoms with Crippen molar-refractivity contribution in [3.63, 3.8) is 0 Å². The molecule has 0 radical (unpaired) electrons. The Labute approximate surface area is 114 Å². The average molecular weight is 265 g/mol. The summed E-state index contributed by atoms with van der Waals surface area (Å²) in [7, 11) is 1.55. The van der Waals surface area contributed by atoms with Gasteiger partial charge in [0.2, 0.25) is 5.88 Å². The molecule has 1 aromatic rings. The summed E-state index contributed by atoms with van der Waals surface area (Å²) in [6.45, 7) is 5.20. The Balaban J connectivity index is 2.12. The van der Waals surface area contributed by atoms with E-state index in [1.807, 2.05) is 4.90 Å². The van der Waals surface area contributed by atoms with E-state index in [4.69, 9.17) is 4.74 Å². The molecule has 2 rings (SSSR count). The van der Waals surface area contributed by atoms with Crippen LogP contribution in [0, 0.1) is 5.92 Å². The molecule has 1 N–H and O–H groups in total. The molecule has 0 spiro atoms. The molecule has 0 aromatic carbocycles. The summed E-state index contributed by atoms with van der Waals surface area (Å²) in [4.78, 5) is 14.6. The third kappa shape index (κ3) is 3.08. The molecule has 1 fully saturated rings. The maximum absolute atomic E-state index is 12.6. The van der Waals surface area contributed by atoms with Crippen molar-refractivity contribution in [2.24, 2.45) is 5.92 Å². The molecule has 19 heavy (non-hydrogen) atoms. The molecule has 0 unspecified atom stereocenters. The first-order chi connectivity index (χ1) is 9.21. The Morgan fingerprint density at radius 1 is 1.53 bits per heavy atom. The molecule has 0 saturated heterocycles. The molecule has 0 bridgehead atoms. The van der Waals surface area contributed by atoms with Crippen LogP contribution >= 0.6 is 0 Å². The molecule has 106 valence electrons. The second-order valence-corrected chi connectivity index (χ2v) is 5.19. The van der Waals surface area contributed by atoms with E-state index in [2.05, 4.69) is 24.0 Å². The van der Waals surface area contributed by atoms with Crippen molar-refractivity contribution in [2.45, 2.75) is 45.6 Å². The smallest absolute Gasteiger partial charge is 0.261 e. The van der Waals surface area contributed by atoms with Gasteiger partial charge in [-0.1, -0.05) is 26.7 Å². The fourth-order valence-corrected chi connectivity index (χ4v) is 2.35. The number of ether oxygens (including phenoxy) is 1. The highest BCUT2D eigenvalue weighted by Gasteiger charge is 2.35. The van der Waals surface area contributed by atoms with Gasteiger partial charge in [0.05, 0.1) is 13.3 Å². The van der Waals surface area contributed by atoms with Crippen LogP contribution in [0.4, 0.5) is 0 Å². The van der Waals surface area contributed by atoms with Crippen molar-refractivity contribution in [3.8, 4) is 5.88 Å². The first-order valence-electron chi connectivity index (χ1n) is 7.09. The molecule has 1 aromatic heterocycles. The monoisotopic (exact) mass is 265 g/mol. The van der Waals surface area contributed by atoms with Crippen LogP contribution in [0.25, 0.3) is 0 Å². The normalized spacial score (nSPS) is 14.7. The van der Waals surface area contributed by atoms with Crippen LogP contribution in [0.5, 0.6) is 5.88 Å². The third-order valence-corrected chi connectivity index (χ3v) is 3.90. The molecule has 5 nitrogen and oxygen atoms in total. The minimum absolute atomic E-state index is 0.0417. The van der Waals surface area contributed by atoms with Crippen LogP contribution in [0.3, 0.4) is 0 Å². The lowest BCUT2D eigenvalue weighted by atomic mass is 10.0. The number of amides is 1. The maximum Gasteiger partial charge on any atom is 0.261 e. The number of nitrogens with one attached hydrogen (secondary N) is 1. The number of hydrogen-bond donors (Lipinski definition) is 1. The predicted octanol–water partition coefficient (Wildman–Crippen LogP) is 2.46. The zero-order valence-electron chi connectivity index (χ0n) is 12.0. The molecule has 5 heteroatoms. The average Bonchev–Trinajstić information content (AvgIpc) is 3.16. The van der Waals surface area contributed by atoms with Crippen LogP contribution in [-0.4, -0.2) is 40.7 Å². The highest BCUT2D eigenvalue weighted by molar-refractivity contribution is 5.96. The number of aromatic amines is 1. The Morgan fingerprint density at radius 3 is 2.74 bits per heavy atom. The number of carbonyl (C=O) groups is 1. The topological polar surface area (TPSA) is 58.2 Å². The minimum atomic E-state index is 0.0417. The highest BCUT2D eigenvalue weighted by Crippen LogP contribution is 2.31. The number of carbonyl (C=O) groups excluding carboxylic acids is 1. The second kappa shape index (κ2) is 6.08. The summed E-state index contributed by atoms with van der Waals surface area (Å²) in [5.41, 5.74) is 0.542. The van der Waals surface area contributed by atoms with Gasteiger partial charge in [0.25, 0.3) is 5.91 Å². The van der Waals surface area contributed by atoms with Gasteiger partial charge < -0.3 is 9.64 Å². The zero-order chi connectivity index (χ0) is 13.8. The van der Waals surface area contributed by atoms with Crippen molar-refractivity contribution >= 4 is 5.91 Å². The van der Waals surface area contributed by atoms with Crippen LogP contribution in [-0.2, 0) is 0 Å². The van der Waals surface area contributed by atoms with Crippen LogP contribution in [0.1, 0.15) is 49.9 Å². The van der Waals surface area contributed by atoms with E-state index in [0.29, 0.717) is 23.4 Å². The lowest BCUT2D eigenvalue weighted by Crippen LogP contribution is -2.37. The fraction of sp³-hybridized carbons (Fsp3) is 0.714. The Hall–Kier alpha value is -1.52. The molecule has 0 atom stereocenters. The highest BCUT2D eigenvalue weighted by atomic mass is 16.5. The Morgan fingerprint density at radius 2 is 2.21 bits per heavy atom. The third-order valence-electron chi connectivity index (χ3n) is 3.90. The Kier molecular flexibility index (Phi) is 4.45. The SMILES string of the molecule is CCC(CC)CN(C(=O)c1cn[nH]c1OC)C1CC1. The van der Waals surface area contributed by atoms with E-state index < -0.39 is 0 Å². The molecule has 1 heterocycles. The van der Waals surface area contributed by atoms with Gasteiger partial charge in [0, 0.05) is 12.6 Å². The van der Waals surface area contributed by atoms with Crippen molar-refractivity contribution in [2.75, 3.05) is 13.7 Å². The lowest BCUT2D eigenvalue weighted by Gasteiger charge is -2.26. The van der Waals surface area contributed by atoms with E-state index in [1.165, 1.54) is 0 Å². The van der Waals surface area contributed by atoms with E-state index in [1.54, 1.807) is 13.3 Å².